The second-order valence-corrected chi connectivity index (χ2v) is 8.97. The van der Waals surface area contributed by atoms with Gasteiger partial charge in [-0.2, -0.15) is 18.4 Å². The van der Waals surface area contributed by atoms with Crippen molar-refractivity contribution in [1.82, 2.24) is 9.80 Å². The van der Waals surface area contributed by atoms with Crippen LogP contribution in [0.2, 0.25) is 0 Å². The van der Waals surface area contributed by atoms with Gasteiger partial charge in [0.05, 0.1) is 35.6 Å². The van der Waals surface area contributed by atoms with Crippen LogP contribution in [0.3, 0.4) is 0 Å². The predicted octanol–water partition coefficient (Wildman–Crippen LogP) is 3.62. The van der Waals surface area contributed by atoms with Gasteiger partial charge in [-0.3, -0.25) is 19.3 Å². The summed E-state index contributed by atoms with van der Waals surface area (Å²) in [6.07, 6.45) is -4.58. The van der Waals surface area contributed by atoms with Gasteiger partial charge in [0.15, 0.2) is 0 Å². The van der Waals surface area contributed by atoms with Crippen LogP contribution in [0.15, 0.2) is 53.6 Å². The maximum Gasteiger partial charge on any atom is 0.417 e. The molecule has 2 heterocycles. The molecule has 1 saturated heterocycles. The van der Waals surface area contributed by atoms with E-state index in [-0.39, 0.29) is 29.2 Å². The first-order valence-corrected chi connectivity index (χ1v) is 11.9. The number of hydrogen-bond acceptors (Lipinski definition) is 6. The first kappa shape index (κ1) is 26.9. The van der Waals surface area contributed by atoms with Gasteiger partial charge in [-0.1, -0.05) is 12.1 Å². The van der Waals surface area contributed by atoms with Gasteiger partial charge in [-0.25, -0.2) is 4.90 Å². The van der Waals surface area contributed by atoms with E-state index in [2.05, 4.69) is 4.90 Å². The van der Waals surface area contributed by atoms with E-state index in [0.717, 1.165) is 17.0 Å². The summed E-state index contributed by atoms with van der Waals surface area (Å²) < 4.78 is 45.5. The van der Waals surface area contributed by atoms with E-state index in [1.54, 1.807) is 29.2 Å². The fourth-order valence-electron chi connectivity index (χ4n) is 4.65. The zero-order valence-corrected chi connectivity index (χ0v) is 20.8. The summed E-state index contributed by atoms with van der Waals surface area (Å²) in [5, 5.41) is 9.01. The fraction of sp³-hybridized carbons (Fsp3) is 0.333. The molecule has 0 bridgehead atoms. The molecule has 2 aliphatic heterocycles. The minimum atomic E-state index is -4.81. The Kier molecular flexibility index (Phi) is 7.55. The maximum absolute atomic E-state index is 13.4. The monoisotopic (exact) mass is 526 g/mol. The van der Waals surface area contributed by atoms with E-state index < -0.39 is 29.1 Å². The Hall–Kier alpha value is -4.17. The standard InChI is InChI=1S/C27H25F3N4O4/c1-17-20(26(37)34(24(17)35)19-8-7-18(16-31)22(15-19)27(28,29)30)9-10-32-11-13-33(14-12-32)25(36)21-5-3-4-6-23(21)38-2/h3-8,15H,9-14H2,1-2H3. The molecule has 0 spiro atoms. The average Bonchev–Trinajstić information content (AvgIpc) is 3.13. The summed E-state index contributed by atoms with van der Waals surface area (Å²) in [5.41, 5.74) is -1.13. The van der Waals surface area contributed by atoms with Crippen molar-refractivity contribution >= 4 is 23.4 Å². The van der Waals surface area contributed by atoms with E-state index in [1.165, 1.54) is 20.1 Å². The topological polar surface area (TPSA) is 93.9 Å². The number of piperazine rings is 1. The highest BCUT2D eigenvalue weighted by Gasteiger charge is 2.39. The van der Waals surface area contributed by atoms with Crippen LogP contribution in [-0.2, 0) is 15.8 Å². The second kappa shape index (κ2) is 10.7. The minimum Gasteiger partial charge on any atom is -0.496 e. The summed E-state index contributed by atoms with van der Waals surface area (Å²) in [5.74, 6) is -0.986. The van der Waals surface area contributed by atoms with Gasteiger partial charge >= 0.3 is 6.18 Å². The molecule has 0 N–H and O–H groups in total. The molecule has 2 aliphatic rings. The van der Waals surface area contributed by atoms with Crippen LogP contribution in [0.25, 0.3) is 0 Å². The lowest BCUT2D eigenvalue weighted by molar-refractivity contribution is -0.138. The fourth-order valence-corrected chi connectivity index (χ4v) is 4.65. The van der Waals surface area contributed by atoms with Gasteiger partial charge in [0.2, 0.25) is 0 Å². The number of amides is 3. The molecule has 0 radical (unpaired) electrons. The van der Waals surface area contributed by atoms with Crippen molar-refractivity contribution in [3.8, 4) is 11.8 Å². The summed E-state index contributed by atoms with van der Waals surface area (Å²) in [4.78, 5) is 43.4. The van der Waals surface area contributed by atoms with Crippen molar-refractivity contribution < 1.29 is 32.3 Å². The molecule has 1 fully saturated rings. The van der Waals surface area contributed by atoms with Gasteiger partial charge in [-0.15, -0.1) is 0 Å². The normalized spacial score (nSPS) is 16.7. The molecule has 0 aliphatic carbocycles. The second-order valence-electron chi connectivity index (χ2n) is 8.97. The number of carbonyl (C=O) groups excluding carboxylic acids is 3. The van der Waals surface area contributed by atoms with Crippen LogP contribution in [0.1, 0.15) is 34.8 Å². The minimum absolute atomic E-state index is 0.131. The maximum atomic E-state index is 13.4. The van der Waals surface area contributed by atoms with Crippen molar-refractivity contribution in [2.75, 3.05) is 44.7 Å². The molecule has 2 aromatic carbocycles. The third-order valence-corrected chi connectivity index (χ3v) is 6.80. The van der Waals surface area contributed by atoms with Crippen LogP contribution in [-0.4, -0.2) is 67.4 Å². The third-order valence-electron chi connectivity index (χ3n) is 6.80. The highest BCUT2D eigenvalue weighted by atomic mass is 19.4. The van der Waals surface area contributed by atoms with E-state index in [0.29, 0.717) is 50.1 Å². The van der Waals surface area contributed by atoms with Crippen molar-refractivity contribution in [2.24, 2.45) is 0 Å². The number of hydrogen-bond donors (Lipinski definition) is 0. The third kappa shape index (κ3) is 5.13. The highest BCUT2D eigenvalue weighted by molar-refractivity contribution is 6.32. The van der Waals surface area contributed by atoms with Crippen LogP contribution < -0.4 is 9.64 Å². The van der Waals surface area contributed by atoms with Crippen LogP contribution in [0, 0.1) is 11.3 Å². The van der Waals surface area contributed by atoms with Crippen molar-refractivity contribution in [3.05, 3.63) is 70.3 Å². The smallest absolute Gasteiger partial charge is 0.417 e. The largest absolute Gasteiger partial charge is 0.496 e. The quantitative estimate of drug-likeness (QED) is 0.534. The number of nitriles is 1. The number of ether oxygens (including phenoxy) is 1. The molecule has 0 saturated carbocycles. The molecule has 11 heteroatoms. The predicted molar refractivity (Wildman–Crippen MR) is 131 cm³/mol. The Morgan fingerprint density at radius 3 is 2.37 bits per heavy atom. The molecule has 4 rings (SSSR count). The average molecular weight is 527 g/mol. The van der Waals surface area contributed by atoms with Crippen molar-refractivity contribution in [1.29, 1.82) is 5.26 Å². The lowest BCUT2D eigenvalue weighted by Gasteiger charge is -2.35. The van der Waals surface area contributed by atoms with Gasteiger partial charge in [-0.05, 0) is 43.7 Å². The Morgan fingerprint density at radius 2 is 1.74 bits per heavy atom. The summed E-state index contributed by atoms with van der Waals surface area (Å²) in [6.45, 7) is 3.98. The highest BCUT2D eigenvalue weighted by Crippen LogP contribution is 2.36. The van der Waals surface area contributed by atoms with E-state index in [4.69, 9.17) is 10.00 Å². The number of carbonyl (C=O) groups is 3. The van der Waals surface area contributed by atoms with E-state index in [1.807, 2.05) is 0 Å². The number of alkyl halides is 3. The Bertz CT molecular complexity index is 1350. The first-order valence-electron chi connectivity index (χ1n) is 11.9. The number of rotatable bonds is 6. The molecule has 0 atom stereocenters. The molecular weight excluding hydrogens is 501 g/mol. The molecule has 198 valence electrons. The molecule has 38 heavy (non-hydrogen) atoms. The molecule has 3 amide bonds. The molecular formula is C27H25F3N4O4. The molecule has 0 unspecified atom stereocenters. The van der Waals surface area contributed by atoms with Gasteiger partial charge in [0.1, 0.15) is 5.75 Å². The van der Waals surface area contributed by atoms with E-state index >= 15 is 0 Å². The Morgan fingerprint density at radius 1 is 1.05 bits per heavy atom. The van der Waals surface area contributed by atoms with Gasteiger partial charge < -0.3 is 9.64 Å². The zero-order valence-electron chi connectivity index (χ0n) is 20.8. The molecule has 2 aromatic rings. The molecule has 0 aromatic heterocycles. The van der Waals surface area contributed by atoms with Crippen LogP contribution in [0.4, 0.5) is 18.9 Å². The number of halogens is 3. The van der Waals surface area contributed by atoms with Crippen molar-refractivity contribution in [3.63, 3.8) is 0 Å². The lowest BCUT2D eigenvalue weighted by atomic mass is 10.1. The van der Waals surface area contributed by atoms with Crippen LogP contribution in [0.5, 0.6) is 5.75 Å². The van der Waals surface area contributed by atoms with Gasteiger partial charge in [0.25, 0.3) is 17.7 Å². The number of methoxy groups -OCH3 is 1. The first-order chi connectivity index (χ1) is 18.1. The summed E-state index contributed by atoms with van der Waals surface area (Å²) in [6, 6.07) is 11.3. The SMILES string of the molecule is COc1ccccc1C(=O)N1CCN(CCC2=C(C)C(=O)N(c3ccc(C#N)c(C(F)(F)F)c3)C2=O)CC1. The Balaban J connectivity index is 1.40. The molecule has 8 nitrogen and oxygen atoms in total. The number of benzene rings is 2. The zero-order chi connectivity index (χ0) is 27.6. The lowest BCUT2D eigenvalue weighted by Crippen LogP contribution is -2.49. The number of para-hydroxylation sites is 1. The Labute approximate surface area is 217 Å². The van der Waals surface area contributed by atoms with E-state index in [9.17, 15) is 27.6 Å². The van der Waals surface area contributed by atoms with Gasteiger partial charge in [0, 0.05) is 43.9 Å². The summed E-state index contributed by atoms with van der Waals surface area (Å²) in [7, 11) is 1.51. The number of imide groups is 1. The summed E-state index contributed by atoms with van der Waals surface area (Å²) >= 11 is 0. The van der Waals surface area contributed by atoms with Crippen LogP contribution >= 0.6 is 0 Å². The van der Waals surface area contributed by atoms with Crippen molar-refractivity contribution in [2.45, 2.75) is 19.5 Å². The number of nitrogens with zero attached hydrogens (tertiary/aromatic N) is 4. The number of anilines is 1.